The summed E-state index contributed by atoms with van der Waals surface area (Å²) in [5.41, 5.74) is 1.27. The van der Waals surface area contributed by atoms with Crippen molar-refractivity contribution in [2.45, 2.75) is 18.9 Å². The fourth-order valence-electron chi connectivity index (χ4n) is 2.47. The van der Waals surface area contributed by atoms with E-state index in [1.807, 2.05) is 40.9 Å². The number of nitrogens with one attached hydrogen (secondary N) is 1. The smallest absolute Gasteiger partial charge is 0.224 e. The Morgan fingerprint density at radius 1 is 1.41 bits per heavy atom. The first kappa shape index (κ1) is 19.1. The van der Waals surface area contributed by atoms with E-state index in [1.54, 1.807) is 0 Å². The summed E-state index contributed by atoms with van der Waals surface area (Å²) in [5, 5.41) is 3.43. The van der Waals surface area contributed by atoms with Crippen LogP contribution in [0.5, 0.6) is 0 Å². The molecule has 1 aliphatic rings. The molecule has 0 spiro atoms. The molecule has 1 aromatic rings. The second-order valence-corrected chi connectivity index (χ2v) is 6.44. The lowest BCUT2D eigenvalue weighted by Gasteiger charge is -2.27. The zero-order chi connectivity index (χ0) is 14.9. The first-order chi connectivity index (χ1) is 10.3. The Morgan fingerprint density at radius 3 is 2.82 bits per heavy atom. The topological polar surface area (TPSA) is 32.3 Å². The van der Waals surface area contributed by atoms with Crippen molar-refractivity contribution in [1.82, 2.24) is 10.2 Å². The molecule has 1 fully saturated rings. The molecule has 0 bridgehead atoms. The molecule has 0 aliphatic carbocycles. The fraction of sp³-hybridized carbons (Fsp3) is 0.471. The van der Waals surface area contributed by atoms with Gasteiger partial charge in [-0.15, -0.1) is 19.0 Å². The summed E-state index contributed by atoms with van der Waals surface area (Å²) in [6.45, 7) is 6.17. The van der Waals surface area contributed by atoms with E-state index in [9.17, 15) is 4.79 Å². The second kappa shape index (κ2) is 10.7. The van der Waals surface area contributed by atoms with Crippen LogP contribution >= 0.6 is 24.2 Å². The molecule has 22 heavy (non-hydrogen) atoms. The van der Waals surface area contributed by atoms with E-state index in [0.29, 0.717) is 19.0 Å². The van der Waals surface area contributed by atoms with Crippen molar-refractivity contribution in [1.29, 1.82) is 0 Å². The molecule has 5 heteroatoms. The molecule has 1 aromatic carbocycles. The van der Waals surface area contributed by atoms with E-state index in [-0.39, 0.29) is 18.3 Å². The number of thioether (sulfide) groups is 1. The van der Waals surface area contributed by atoms with E-state index in [2.05, 4.69) is 24.0 Å². The van der Waals surface area contributed by atoms with Gasteiger partial charge < -0.3 is 10.2 Å². The summed E-state index contributed by atoms with van der Waals surface area (Å²) >= 11 is 1.93. The van der Waals surface area contributed by atoms with Crippen LogP contribution in [-0.2, 0) is 11.2 Å². The molecular formula is C17H25ClN2OS. The Kier molecular flexibility index (Phi) is 9.28. The minimum atomic E-state index is 0. The molecule has 1 aliphatic heterocycles. The maximum atomic E-state index is 12.5. The largest absolute Gasteiger partial charge is 0.339 e. The number of carbonyl (C=O) groups excluding carboxylic acids is 1. The molecule has 1 saturated heterocycles. The van der Waals surface area contributed by atoms with Gasteiger partial charge in [0.25, 0.3) is 0 Å². The van der Waals surface area contributed by atoms with Crippen molar-refractivity contribution < 1.29 is 4.79 Å². The Labute approximate surface area is 143 Å². The van der Waals surface area contributed by atoms with E-state index < -0.39 is 0 Å². The number of hydrogen-bond acceptors (Lipinski definition) is 3. The highest BCUT2D eigenvalue weighted by atomic mass is 35.5. The summed E-state index contributed by atoms with van der Waals surface area (Å²) in [7, 11) is 0. The molecule has 1 N–H and O–H groups in total. The Hall–Kier alpha value is -0.970. The summed E-state index contributed by atoms with van der Waals surface area (Å²) in [5.74, 6) is 2.41. The average molecular weight is 341 g/mol. The van der Waals surface area contributed by atoms with Crippen molar-refractivity contribution in [3.8, 4) is 0 Å². The van der Waals surface area contributed by atoms with Gasteiger partial charge >= 0.3 is 0 Å². The number of nitrogens with zero attached hydrogens (tertiary/aromatic N) is 1. The third kappa shape index (κ3) is 6.42. The van der Waals surface area contributed by atoms with Crippen LogP contribution in [0.1, 0.15) is 12.0 Å². The van der Waals surface area contributed by atoms with Crippen molar-refractivity contribution >= 4 is 30.1 Å². The van der Waals surface area contributed by atoms with Gasteiger partial charge in [0.1, 0.15) is 0 Å². The summed E-state index contributed by atoms with van der Waals surface area (Å²) in [4.78, 5) is 14.4. The van der Waals surface area contributed by atoms with Crippen molar-refractivity contribution in [3.05, 3.63) is 48.6 Å². The van der Waals surface area contributed by atoms with Gasteiger partial charge in [-0.3, -0.25) is 4.79 Å². The zero-order valence-corrected chi connectivity index (χ0v) is 14.5. The van der Waals surface area contributed by atoms with Gasteiger partial charge in [0.2, 0.25) is 5.91 Å². The van der Waals surface area contributed by atoms with E-state index >= 15 is 0 Å². The standard InChI is InChI=1S/C17H24N2OS.ClH/c1-2-10-19(11-8-15-6-4-3-5-7-15)17(20)13-16-14-21-12-9-18-16;/h2-7,16,18H,1,8-14H2;1H. The molecule has 1 unspecified atom stereocenters. The van der Waals surface area contributed by atoms with E-state index in [1.165, 1.54) is 5.56 Å². The molecule has 2 rings (SSSR count). The number of hydrogen-bond donors (Lipinski definition) is 1. The molecule has 1 amide bonds. The van der Waals surface area contributed by atoms with Crippen molar-refractivity contribution in [2.75, 3.05) is 31.1 Å². The molecule has 122 valence electrons. The van der Waals surface area contributed by atoms with Crippen molar-refractivity contribution in [3.63, 3.8) is 0 Å². The SMILES string of the molecule is C=CCN(CCc1ccccc1)C(=O)CC1CSCCN1.Cl. The van der Waals surface area contributed by atoms with Gasteiger partial charge in [-0.1, -0.05) is 36.4 Å². The Morgan fingerprint density at radius 2 is 2.18 bits per heavy atom. The predicted octanol–water partition coefficient (Wildman–Crippen LogP) is 2.76. The number of halogens is 1. The van der Waals surface area contributed by atoms with Crippen LogP contribution in [0.3, 0.4) is 0 Å². The lowest BCUT2D eigenvalue weighted by molar-refractivity contribution is -0.131. The van der Waals surface area contributed by atoms with Crippen LogP contribution in [0.2, 0.25) is 0 Å². The Balaban J connectivity index is 0.00000242. The highest BCUT2D eigenvalue weighted by molar-refractivity contribution is 7.99. The van der Waals surface area contributed by atoms with Gasteiger partial charge in [-0.05, 0) is 12.0 Å². The minimum absolute atomic E-state index is 0. The second-order valence-electron chi connectivity index (χ2n) is 5.29. The average Bonchev–Trinajstić information content (AvgIpc) is 2.53. The van der Waals surface area contributed by atoms with Crippen LogP contribution in [0.25, 0.3) is 0 Å². The lowest BCUT2D eigenvalue weighted by atomic mass is 10.1. The number of amides is 1. The third-order valence-electron chi connectivity index (χ3n) is 3.63. The van der Waals surface area contributed by atoms with Gasteiger partial charge in [-0.2, -0.15) is 11.8 Å². The maximum absolute atomic E-state index is 12.5. The quantitative estimate of drug-likeness (QED) is 0.775. The zero-order valence-electron chi connectivity index (χ0n) is 12.9. The first-order valence-corrected chi connectivity index (χ1v) is 8.69. The van der Waals surface area contributed by atoms with Crippen LogP contribution in [0, 0.1) is 0 Å². The monoisotopic (exact) mass is 340 g/mol. The van der Waals surface area contributed by atoms with Gasteiger partial charge in [0, 0.05) is 43.6 Å². The first-order valence-electron chi connectivity index (χ1n) is 7.53. The fourth-order valence-corrected chi connectivity index (χ4v) is 3.42. The molecule has 1 heterocycles. The van der Waals surface area contributed by atoms with Gasteiger partial charge in [0.15, 0.2) is 0 Å². The van der Waals surface area contributed by atoms with Gasteiger partial charge in [-0.25, -0.2) is 0 Å². The molecule has 1 atom stereocenters. The summed E-state index contributed by atoms with van der Waals surface area (Å²) < 4.78 is 0. The van der Waals surface area contributed by atoms with Crippen molar-refractivity contribution in [2.24, 2.45) is 0 Å². The molecule has 0 aromatic heterocycles. The highest BCUT2D eigenvalue weighted by Crippen LogP contribution is 2.12. The van der Waals surface area contributed by atoms with E-state index in [0.717, 1.165) is 31.0 Å². The molecule has 0 radical (unpaired) electrons. The predicted molar refractivity (Wildman–Crippen MR) is 97.9 cm³/mol. The molecular weight excluding hydrogens is 316 g/mol. The maximum Gasteiger partial charge on any atom is 0.224 e. The Bertz CT molecular complexity index is 449. The number of benzene rings is 1. The normalized spacial score (nSPS) is 17.4. The van der Waals surface area contributed by atoms with Crippen LogP contribution < -0.4 is 5.32 Å². The van der Waals surface area contributed by atoms with Crippen LogP contribution in [0.4, 0.5) is 0 Å². The summed E-state index contributed by atoms with van der Waals surface area (Å²) in [6, 6.07) is 10.6. The number of carbonyl (C=O) groups is 1. The van der Waals surface area contributed by atoms with E-state index in [4.69, 9.17) is 0 Å². The third-order valence-corrected chi connectivity index (χ3v) is 4.77. The lowest BCUT2D eigenvalue weighted by Crippen LogP contribution is -2.43. The van der Waals surface area contributed by atoms with Crippen LogP contribution in [-0.4, -0.2) is 48.0 Å². The number of rotatable bonds is 7. The minimum Gasteiger partial charge on any atom is -0.339 e. The van der Waals surface area contributed by atoms with Crippen LogP contribution in [0.15, 0.2) is 43.0 Å². The summed E-state index contributed by atoms with van der Waals surface area (Å²) in [6.07, 6.45) is 3.30. The molecule has 3 nitrogen and oxygen atoms in total. The van der Waals surface area contributed by atoms with Gasteiger partial charge in [0.05, 0.1) is 0 Å². The highest BCUT2D eigenvalue weighted by Gasteiger charge is 2.20. The molecule has 0 saturated carbocycles.